The summed E-state index contributed by atoms with van der Waals surface area (Å²) in [6, 6.07) is 7.49. The summed E-state index contributed by atoms with van der Waals surface area (Å²) in [4.78, 5) is 0.497. The first-order valence-corrected chi connectivity index (χ1v) is 9.32. The molecule has 1 aliphatic rings. The molecule has 0 amide bonds. The largest absolute Gasteiger partial charge is 0.379 e. The number of nitrogens with one attached hydrogen (secondary N) is 1. The normalized spacial score (nSPS) is 20.4. The monoisotopic (exact) mass is 311 g/mol. The first kappa shape index (κ1) is 16.5. The van der Waals surface area contributed by atoms with E-state index in [1.807, 2.05) is 26.0 Å². The van der Waals surface area contributed by atoms with Crippen molar-refractivity contribution in [3.8, 4) is 0 Å². The minimum atomic E-state index is -3.08. The van der Waals surface area contributed by atoms with Crippen LogP contribution in [0.2, 0.25) is 0 Å². The van der Waals surface area contributed by atoms with Gasteiger partial charge in [0.1, 0.15) is 0 Å². The molecule has 0 saturated carbocycles. The first-order valence-electron chi connectivity index (χ1n) is 7.67. The molecule has 0 saturated heterocycles. The van der Waals surface area contributed by atoms with Crippen molar-refractivity contribution in [1.29, 1.82) is 0 Å². The van der Waals surface area contributed by atoms with Gasteiger partial charge in [-0.3, -0.25) is 0 Å². The van der Waals surface area contributed by atoms with Crippen molar-refractivity contribution in [2.75, 3.05) is 18.9 Å². The third kappa shape index (κ3) is 4.53. The summed E-state index contributed by atoms with van der Waals surface area (Å²) in [5, 5.41) is 3.48. The number of rotatable bonds is 7. The highest BCUT2D eigenvalue weighted by molar-refractivity contribution is 7.91. The van der Waals surface area contributed by atoms with Crippen molar-refractivity contribution in [2.24, 2.45) is 0 Å². The molecule has 0 aromatic heterocycles. The number of hydrogen-bond donors (Lipinski definition) is 1. The van der Waals surface area contributed by atoms with Crippen LogP contribution in [0.15, 0.2) is 29.2 Å². The maximum Gasteiger partial charge on any atom is 0.178 e. The van der Waals surface area contributed by atoms with Crippen LogP contribution in [0.5, 0.6) is 0 Å². The van der Waals surface area contributed by atoms with E-state index >= 15 is 0 Å². The standard InChI is InChI=1S/C16H25NO3S/c1-13(2)20-11-6-5-10-17-15-9-12-21(18,19)16-8-4-3-7-14(15)16/h3-4,7-8,13,15,17H,5-6,9-12H2,1-2H3. The fourth-order valence-corrected chi connectivity index (χ4v) is 4.25. The highest BCUT2D eigenvalue weighted by atomic mass is 32.2. The number of benzene rings is 1. The Kier molecular flexibility index (Phi) is 5.79. The van der Waals surface area contributed by atoms with Crippen molar-refractivity contribution in [1.82, 2.24) is 5.32 Å². The molecule has 21 heavy (non-hydrogen) atoms. The molecule has 1 heterocycles. The van der Waals surface area contributed by atoms with Gasteiger partial charge in [0, 0.05) is 12.6 Å². The second-order valence-electron chi connectivity index (χ2n) is 5.78. The molecule has 0 spiro atoms. The molecule has 0 fully saturated rings. The Hall–Kier alpha value is -0.910. The van der Waals surface area contributed by atoms with Gasteiger partial charge < -0.3 is 10.1 Å². The van der Waals surface area contributed by atoms with Crippen LogP contribution in [-0.4, -0.2) is 33.4 Å². The summed E-state index contributed by atoms with van der Waals surface area (Å²) in [6.45, 7) is 5.75. The maximum atomic E-state index is 12.1. The van der Waals surface area contributed by atoms with Crippen LogP contribution in [0.4, 0.5) is 0 Å². The molecular formula is C16H25NO3S. The molecule has 118 valence electrons. The molecule has 5 heteroatoms. The average Bonchev–Trinajstić information content (AvgIpc) is 2.45. The van der Waals surface area contributed by atoms with E-state index in [4.69, 9.17) is 4.74 Å². The molecule has 1 N–H and O–H groups in total. The molecule has 4 nitrogen and oxygen atoms in total. The van der Waals surface area contributed by atoms with Crippen LogP contribution in [-0.2, 0) is 14.6 Å². The van der Waals surface area contributed by atoms with Crippen LogP contribution in [0.1, 0.15) is 44.7 Å². The lowest BCUT2D eigenvalue weighted by atomic mass is 10.0. The smallest absolute Gasteiger partial charge is 0.178 e. The van der Waals surface area contributed by atoms with E-state index in [0.29, 0.717) is 11.3 Å². The predicted molar refractivity (Wildman–Crippen MR) is 84.2 cm³/mol. The molecule has 2 rings (SSSR count). The van der Waals surface area contributed by atoms with Crippen molar-refractivity contribution in [3.63, 3.8) is 0 Å². The van der Waals surface area contributed by atoms with E-state index in [9.17, 15) is 8.42 Å². The van der Waals surface area contributed by atoms with Crippen LogP contribution >= 0.6 is 0 Å². The van der Waals surface area contributed by atoms with Crippen molar-refractivity contribution in [3.05, 3.63) is 29.8 Å². The van der Waals surface area contributed by atoms with Gasteiger partial charge in [-0.25, -0.2) is 8.42 Å². The quantitative estimate of drug-likeness (QED) is 0.787. The zero-order valence-corrected chi connectivity index (χ0v) is 13.7. The molecule has 1 aromatic rings. The lowest BCUT2D eigenvalue weighted by Gasteiger charge is -2.26. The Morgan fingerprint density at radius 1 is 1.29 bits per heavy atom. The zero-order valence-electron chi connectivity index (χ0n) is 12.8. The van der Waals surface area contributed by atoms with Crippen LogP contribution in [0, 0.1) is 0 Å². The van der Waals surface area contributed by atoms with Crippen LogP contribution < -0.4 is 5.32 Å². The van der Waals surface area contributed by atoms with Gasteiger partial charge in [0.2, 0.25) is 0 Å². The van der Waals surface area contributed by atoms with Crippen LogP contribution in [0.3, 0.4) is 0 Å². The summed E-state index contributed by atoms with van der Waals surface area (Å²) in [5.41, 5.74) is 0.919. The highest BCUT2D eigenvalue weighted by Gasteiger charge is 2.29. The summed E-state index contributed by atoms with van der Waals surface area (Å²) in [6.07, 6.45) is 3.01. The molecule has 0 bridgehead atoms. The van der Waals surface area contributed by atoms with Gasteiger partial charge in [0.15, 0.2) is 9.84 Å². The summed E-state index contributed by atoms with van der Waals surface area (Å²) >= 11 is 0. The number of hydrogen-bond acceptors (Lipinski definition) is 4. The van der Waals surface area contributed by atoms with Crippen molar-refractivity contribution < 1.29 is 13.2 Å². The minimum absolute atomic E-state index is 0.149. The second-order valence-corrected chi connectivity index (χ2v) is 7.86. The number of unbranched alkanes of at least 4 members (excludes halogenated alkanes) is 1. The minimum Gasteiger partial charge on any atom is -0.379 e. The molecule has 0 aliphatic carbocycles. The first-order chi connectivity index (χ1) is 10.0. The van der Waals surface area contributed by atoms with Crippen molar-refractivity contribution in [2.45, 2.75) is 50.2 Å². The third-order valence-corrected chi connectivity index (χ3v) is 5.53. The van der Waals surface area contributed by atoms with E-state index in [-0.39, 0.29) is 17.9 Å². The Labute approximate surface area is 127 Å². The topological polar surface area (TPSA) is 55.4 Å². The number of ether oxygens (including phenoxy) is 1. The molecule has 1 atom stereocenters. The van der Waals surface area contributed by atoms with Gasteiger partial charge in [-0.1, -0.05) is 18.2 Å². The van der Waals surface area contributed by atoms with Crippen molar-refractivity contribution >= 4 is 9.84 Å². The summed E-state index contributed by atoms with van der Waals surface area (Å²) in [7, 11) is -3.08. The lowest BCUT2D eigenvalue weighted by Crippen LogP contribution is -2.30. The van der Waals surface area contributed by atoms with E-state index in [0.717, 1.165) is 31.6 Å². The summed E-state index contributed by atoms with van der Waals surface area (Å²) in [5.74, 6) is 0.234. The predicted octanol–water partition coefficient (Wildman–Crippen LogP) is 2.70. The molecule has 1 aromatic carbocycles. The molecule has 1 aliphatic heterocycles. The van der Waals surface area contributed by atoms with E-state index in [1.165, 1.54) is 0 Å². The fraction of sp³-hybridized carbons (Fsp3) is 0.625. The number of fused-ring (bicyclic) bond motifs is 1. The Bertz CT molecular complexity index is 554. The van der Waals surface area contributed by atoms with Gasteiger partial charge in [-0.2, -0.15) is 0 Å². The van der Waals surface area contributed by atoms with Crippen LogP contribution in [0.25, 0.3) is 0 Å². The molecule has 0 radical (unpaired) electrons. The summed E-state index contributed by atoms with van der Waals surface area (Å²) < 4.78 is 29.6. The SMILES string of the molecule is CC(C)OCCCCNC1CCS(=O)(=O)c2ccccc21. The maximum absolute atomic E-state index is 12.1. The zero-order chi connectivity index (χ0) is 15.3. The number of sulfone groups is 1. The van der Waals surface area contributed by atoms with E-state index in [1.54, 1.807) is 12.1 Å². The molecular weight excluding hydrogens is 286 g/mol. The van der Waals surface area contributed by atoms with Gasteiger partial charge in [-0.15, -0.1) is 0 Å². The van der Waals surface area contributed by atoms with Gasteiger partial charge in [0.25, 0.3) is 0 Å². The van der Waals surface area contributed by atoms with E-state index in [2.05, 4.69) is 5.32 Å². The Morgan fingerprint density at radius 3 is 2.81 bits per heavy atom. The third-order valence-electron chi connectivity index (χ3n) is 3.72. The van der Waals surface area contributed by atoms with Gasteiger partial charge in [0.05, 0.1) is 16.8 Å². The Morgan fingerprint density at radius 2 is 2.05 bits per heavy atom. The average molecular weight is 311 g/mol. The lowest BCUT2D eigenvalue weighted by molar-refractivity contribution is 0.0759. The second kappa shape index (κ2) is 7.38. The van der Waals surface area contributed by atoms with Gasteiger partial charge in [-0.05, 0) is 51.3 Å². The van der Waals surface area contributed by atoms with Gasteiger partial charge >= 0.3 is 0 Å². The fourth-order valence-electron chi connectivity index (χ4n) is 2.62. The highest BCUT2D eigenvalue weighted by Crippen LogP contribution is 2.31. The van der Waals surface area contributed by atoms with E-state index < -0.39 is 9.84 Å². The molecule has 1 unspecified atom stereocenters. The Balaban J connectivity index is 1.85.